The molecule has 1 fully saturated rings. The minimum Gasteiger partial charge on any atom is -0.394 e. The minimum absolute atomic E-state index is 0.0255. The van der Waals surface area contributed by atoms with Crippen molar-refractivity contribution in [2.24, 2.45) is 11.8 Å². The van der Waals surface area contributed by atoms with Gasteiger partial charge in [-0.2, -0.15) is 0 Å². The minimum atomic E-state index is -0.0255. The Bertz CT molecular complexity index is 147. The van der Waals surface area contributed by atoms with Crippen molar-refractivity contribution in [1.82, 2.24) is 5.32 Å². The molecule has 0 saturated carbocycles. The molecule has 0 spiro atoms. The summed E-state index contributed by atoms with van der Waals surface area (Å²) >= 11 is 0. The third-order valence-electron chi connectivity index (χ3n) is 2.36. The quantitative estimate of drug-likeness (QED) is 0.531. The van der Waals surface area contributed by atoms with E-state index in [2.05, 4.69) is 5.32 Å². The van der Waals surface area contributed by atoms with Crippen LogP contribution in [-0.2, 0) is 4.79 Å². The Morgan fingerprint density at radius 2 is 2.20 bits per heavy atom. The van der Waals surface area contributed by atoms with Crippen LogP contribution in [-0.4, -0.2) is 23.7 Å². The first-order valence-corrected chi connectivity index (χ1v) is 3.58. The van der Waals surface area contributed by atoms with Crippen molar-refractivity contribution < 1.29 is 9.90 Å². The van der Waals surface area contributed by atoms with E-state index in [1.807, 2.05) is 13.8 Å². The van der Waals surface area contributed by atoms with Crippen molar-refractivity contribution in [1.29, 1.82) is 0 Å². The molecule has 1 rings (SSSR count). The van der Waals surface area contributed by atoms with Gasteiger partial charge in [0.1, 0.15) is 0 Å². The number of aliphatic hydroxyl groups is 1. The van der Waals surface area contributed by atoms with E-state index in [0.29, 0.717) is 0 Å². The Balaban J connectivity index is 2.61. The molecular formula is C7H13NO2. The van der Waals surface area contributed by atoms with Crippen LogP contribution in [0.2, 0.25) is 0 Å². The Labute approximate surface area is 60.4 Å². The molecule has 3 heteroatoms. The Morgan fingerprint density at radius 3 is 2.40 bits per heavy atom. The van der Waals surface area contributed by atoms with Crippen molar-refractivity contribution in [3.05, 3.63) is 0 Å². The largest absolute Gasteiger partial charge is 0.394 e. The topological polar surface area (TPSA) is 49.3 Å². The van der Waals surface area contributed by atoms with Crippen LogP contribution in [0, 0.1) is 11.8 Å². The van der Waals surface area contributed by atoms with Crippen LogP contribution in [0.5, 0.6) is 0 Å². The van der Waals surface area contributed by atoms with E-state index >= 15 is 0 Å². The van der Waals surface area contributed by atoms with Crippen LogP contribution < -0.4 is 5.32 Å². The molecule has 1 aliphatic heterocycles. The van der Waals surface area contributed by atoms with Gasteiger partial charge in [0.05, 0.1) is 12.6 Å². The number of rotatable bonds is 1. The maximum Gasteiger partial charge on any atom is 0.223 e. The fourth-order valence-corrected chi connectivity index (χ4v) is 1.24. The summed E-state index contributed by atoms with van der Waals surface area (Å²) in [7, 11) is 0. The second-order valence-corrected chi connectivity index (χ2v) is 2.95. The van der Waals surface area contributed by atoms with Crippen molar-refractivity contribution in [2.75, 3.05) is 6.61 Å². The third kappa shape index (κ3) is 1.01. The maximum atomic E-state index is 10.9. The van der Waals surface area contributed by atoms with Crippen molar-refractivity contribution in [3.8, 4) is 0 Å². The number of aliphatic hydroxyl groups excluding tert-OH is 1. The first-order chi connectivity index (χ1) is 4.66. The fourth-order valence-electron chi connectivity index (χ4n) is 1.24. The first kappa shape index (κ1) is 7.54. The molecule has 1 saturated heterocycles. The maximum absolute atomic E-state index is 10.9. The van der Waals surface area contributed by atoms with E-state index in [-0.39, 0.29) is 30.4 Å². The van der Waals surface area contributed by atoms with Crippen molar-refractivity contribution in [3.63, 3.8) is 0 Å². The van der Waals surface area contributed by atoms with Crippen LogP contribution in [0.25, 0.3) is 0 Å². The summed E-state index contributed by atoms with van der Waals surface area (Å²) in [4.78, 5) is 10.9. The van der Waals surface area contributed by atoms with Crippen LogP contribution in [0.4, 0.5) is 0 Å². The van der Waals surface area contributed by atoms with Gasteiger partial charge in [-0.25, -0.2) is 0 Å². The molecular weight excluding hydrogens is 130 g/mol. The highest BCUT2D eigenvalue weighted by Gasteiger charge is 2.35. The summed E-state index contributed by atoms with van der Waals surface area (Å²) in [6.45, 7) is 3.91. The fraction of sp³-hybridized carbons (Fsp3) is 0.857. The summed E-state index contributed by atoms with van der Waals surface area (Å²) in [5.74, 6) is 0.376. The molecule has 58 valence electrons. The first-order valence-electron chi connectivity index (χ1n) is 3.58. The molecule has 0 aromatic heterocycles. The Kier molecular flexibility index (Phi) is 1.94. The van der Waals surface area contributed by atoms with Gasteiger partial charge in [-0.15, -0.1) is 0 Å². The molecule has 1 aliphatic rings. The SMILES string of the molecule is CC1C(=O)NC(CO)C1C. The normalized spacial score (nSPS) is 39.9. The average molecular weight is 143 g/mol. The zero-order chi connectivity index (χ0) is 7.72. The smallest absolute Gasteiger partial charge is 0.223 e. The van der Waals surface area contributed by atoms with Gasteiger partial charge in [0.15, 0.2) is 0 Å². The molecule has 0 aromatic rings. The summed E-state index contributed by atoms with van der Waals surface area (Å²) in [5.41, 5.74) is 0. The molecule has 0 aliphatic carbocycles. The number of hydrogen-bond donors (Lipinski definition) is 2. The molecule has 0 aromatic carbocycles. The number of carbonyl (C=O) groups excluding carboxylic acids is 1. The number of amides is 1. The summed E-state index contributed by atoms with van der Waals surface area (Å²) < 4.78 is 0. The molecule has 1 heterocycles. The highest BCUT2D eigenvalue weighted by Crippen LogP contribution is 2.21. The van der Waals surface area contributed by atoms with Gasteiger partial charge >= 0.3 is 0 Å². The van der Waals surface area contributed by atoms with E-state index in [1.165, 1.54) is 0 Å². The lowest BCUT2D eigenvalue weighted by molar-refractivity contribution is -0.122. The average Bonchev–Trinajstić information content (AvgIpc) is 2.17. The molecule has 0 radical (unpaired) electrons. The number of nitrogens with one attached hydrogen (secondary N) is 1. The number of carbonyl (C=O) groups is 1. The lowest BCUT2D eigenvalue weighted by Crippen LogP contribution is -2.31. The summed E-state index contributed by atoms with van der Waals surface area (Å²) in [5, 5.41) is 11.5. The second kappa shape index (κ2) is 2.58. The van der Waals surface area contributed by atoms with Crippen LogP contribution in [0.1, 0.15) is 13.8 Å². The van der Waals surface area contributed by atoms with E-state index < -0.39 is 0 Å². The van der Waals surface area contributed by atoms with Gasteiger partial charge in [0.2, 0.25) is 5.91 Å². The van der Waals surface area contributed by atoms with Crippen LogP contribution in [0.15, 0.2) is 0 Å². The van der Waals surface area contributed by atoms with Gasteiger partial charge in [-0.3, -0.25) is 4.79 Å². The van der Waals surface area contributed by atoms with Gasteiger partial charge in [0, 0.05) is 5.92 Å². The molecule has 3 atom stereocenters. The summed E-state index contributed by atoms with van der Waals surface area (Å²) in [6, 6.07) is -0.0255. The molecule has 1 amide bonds. The predicted molar refractivity (Wildman–Crippen MR) is 37.3 cm³/mol. The third-order valence-corrected chi connectivity index (χ3v) is 2.36. The van der Waals surface area contributed by atoms with Gasteiger partial charge in [0.25, 0.3) is 0 Å². The zero-order valence-electron chi connectivity index (χ0n) is 6.29. The molecule has 3 nitrogen and oxygen atoms in total. The standard InChI is InChI=1S/C7H13NO2/c1-4-5(2)7(10)8-6(4)3-9/h4-6,9H,3H2,1-2H3,(H,8,10). The molecule has 10 heavy (non-hydrogen) atoms. The molecule has 0 bridgehead atoms. The highest BCUT2D eigenvalue weighted by molar-refractivity contribution is 5.81. The van der Waals surface area contributed by atoms with E-state index in [0.717, 1.165) is 0 Å². The van der Waals surface area contributed by atoms with Gasteiger partial charge < -0.3 is 10.4 Å². The number of hydrogen-bond acceptors (Lipinski definition) is 2. The Hall–Kier alpha value is -0.570. The monoisotopic (exact) mass is 143 g/mol. The lowest BCUT2D eigenvalue weighted by Gasteiger charge is -2.12. The Morgan fingerprint density at radius 1 is 1.60 bits per heavy atom. The van der Waals surface area contributed by atoms with E-state index in [9.17, 15) is 4.79 Å². The van der Waals surface area contributed by atoms with Crippen LogP contribution >= 0.6 is 0 Å². The highest BCUT2D eigenvalue weighted by atomic mass is 16.3. The van der Waals surface area contributed by atoms with Crippen molar-refractivity contribution >= 4 is 5.91 Å². The molecule has 3 unspecified atom stereocenters. The zero-order valence-corrected chi connectivity index (χ0v) is 6.29. The van der Waals surface area contributed by atoms with Gasteiger partial charge in [-0.05, 0) is 5.92 Å². The van der Waals surface area contributed by atoms with E-state index in [4.69, 9.17) is 5.11 Å². The van der Waals surface area contributed by atoms with Crippen molar-refractivity contribution in [2.45, 2.75) is 19.9 Å². The lowest BCUT2D eigenvalue weighted by atomic mass is 9.94. The van der Waals surface area contributed by atoms with E-state index in [1.54, 1.807) is 0 Å². The van der Waals surface area contributed by atoms with Gasteiger partial charge in [-0.1, -0.05) is 13.8 Å². The molecule has 2 N–H and O–H groups in total. The van der Waals surface area contributed by atoms with Crippen LogP contribution in [0.3, 0.4) is 0 Å². The second-order valence-electron chi connectivity index (χ2n) is 2.95. The predicted octanol–water partition coefficient (Wildman–Crippen LogP) is -0.251. The summed E-state index contributed by atoms with van der Waals surface area (Å²) in [6.07, 6.45) is 0.